The van der Waals surface area contributed by atoms with Gasteiger partial charge in [-0.25, -0.2) is 0 Å². The van der Waals surface area contributed by atoms with E-state index in [1.807, 2.05) is 0 Å². The Morgan fingerprint density at radius 1 is 1.41 bits per heavy atom. The zero-order valence-electron chi connectivity index (χ0n) is 10.9. The molecule has 1 saturated heterocycles. The first-order chi connectivity index (χ1) is 8.29. The molecular weight excluding hydrogens is 214 g/mol. The van der Waals surface area contributed by atoms with Crippen molar-refractivity contribution in [2.45, 2.75) is 51.1 Å². The summed E-state index contributed by atoms with van der Waals surface area (Å²) in [6, 6.07) is 1.03. The molecule has 0 aromatic heterocycles. The third-order valence-corrected chi connectivity index (χ3v) is 3.59. The Hall–Kier alpha value is -0.610. The fourth-order valence-corrected chi connectivity index (χ4v) is 2.51. The largest absolute Gasteiger partial charge is 0.352 e. The maximum absolute atomic E-state index is 11.8. The normalized spacial score (nSPS) is 24.9. The maximum Gasteiger partial charge on any atom is 0.234 e. The van der Waals surface area contributed by atoms with Gasteiger partial charge in [0.05, 0.1) is 6.54 Å². The summed E-state index contributed by atoms with van der Waals surface area (Å²) >= 11 is 0. The van der Waals surface area contributed by atoms with Crippen molar-refractivity contribution in [2.75, 3.05) is 26.2 Å². The molecule has 4 heteroatoms. The SMILES string of the molecule is CCCN(CC(=O)NC1CC1)C1CCCNC1. The van der Waals surface area contributed by atoms with Crippen molar-refractivity contribution in [1.29, 1.82) is 0 Å². The molecular formula is C13H25N3O. The van der Waals surface area contributed by atoms with Gasteiger partial charge >= 0.3 is 0 Å². The molecule has 1 unspecified atom stereocenters. The van der Waals surface area contributed by atoms with Crippen LogP contribution in [-0.2, 0) is 4.79 Å². The van der Waals surface area contributed by atoms with Gasteiger partial charge in [-0.15, -0.1) is 0 Å². The average molecular weight is 239 g/mol. The van der Waals surface area contributed by atoms with Crippen LogP contribution in [0.25, 0.3) is 0 Å². The third kappa shape index (κ3) is 4.28. The smallest absolute Gasteiger partial charge is 0.234 e. The Morgan fingerprint density at radius 2 is 2.24 bits per heavy atom. The van der Waals surface area contributed by atoms with Crippen molar-refractivity contribution in [3.63, 3.8) is 0 Å². The highest BCUT2D eigenvalue weighted by Gasteiger charge is 2.26. The first kappa shape index (κ1) is 12.8. The molecule has 2 aliphatic rings. The topological polar surface area (TPSA) is 44.4 Å². The maximum atomic E-state index is 11.8. The molecule has 1 amide bonds. The van der Waals surface area contributed by atoms with Crippen molar-refractivity contribution in [3.05, 3.63) is 0 Å². The van der Waals surface area contributed by atoms with Gasteiger partial charge in [-0.3, -0.25) is 9.69 Å². The monoisotopic (exact) mass is 239 g/mol. The van der Waals surface area contributed by atoms with Gasteiger partial charge in [0, 0.05) is 18.6 Å². The summed E-state index contributed by atoms with van der Waals surface area (Å²) in [6.45, 7) is 5.96. The summed E-state index contributed by atoms with van der Waals surface area (Å²) in [7, 11) is 0. The molecule has 0 aromatic carbocycles. The predicted molar refractivity (Wildman–Crippen MR) is 68.9 cm³/mol. The van der Waals surface area contributed by atoms with E-state index in [9.17, 15) is 4.79 Å². The van der Waals surface area contributed by atoms with Crippen LogP contribution in [0.3, 0.4) is 0 Å². The van der Waals surface area contributed by atoms with Gasteiger partial charge in [-0.1, -0.05) is 6.92 Å². The first-order valence-electron chi connectivity index (χ1n) is 7.03. The van der Waals surface area contributed by atoms with Crippen molar-refractivity contribution in [3.8, 4) is 0 Å². The highest BCUT2D eigenvalue weighted by atomic mass is 16.2. The Labute approximate surface area is 104 Å². The lowest BCUT2D eigenvalue weighted by atomic mass is 10.1. The van der Waals surface area contributed by atoms with E-state index in [-0.39, 0.29) is 5.91 Å². The number of carbonyl (C=O) groups is 1. The Kier molecular flexibility index (Phi) is 4.80. The first-order valence-corrected chi connectivity index (χ1v) is 7.03. The van der Waals surface area contributed by atoms with Crippen LogP contribution < -0.4 is 10.6 Å². The number of hydrogen-bond acceptors (Lipinski definition) is 3. The summed E-state index contributed by atoms with van der Waals surface area (Å²) in [6.07, 6.45) is 5.92. The van der Waals surface area contributed by atoms with E-state index in [0.29, 0.717) is 18.6 Å². The molecule has 2 fully saturated rings. The molecule has 1 saturated carbocycles. The van der Waals surface area contributed by atoms with Gasteiger partial charge in [0.15, 0.2) is 0 Å². The van der Waals surface area contributed by atoms with Gasteiger partial charge in [-0.05, 0) is 45.2 Å². The Balaban J connectivity index is 1.79. The third-order valence-electron chi connectivity index (χ3n) is 3.59. The van der Waals surface area contributed by atoms with Crippen LogP contribution in [0, 0.1) is 0 Å². The van der Waals surface area contributed by atoms with E-state index in [1.165, 1.54) is 25.7 Å². The molecule has 1 heterocycles. The van der Waals surface area contributed by atoms with Crippen molar-refractivity contribution >= 4 is 5.91 Å². The van der Waals surface area contributed by atoms with E-state index in [4.69, 9.17) is 0 Å². The number of nitrogens with one attached hydrogen (secondary N) is 2. The number of carbonyl (C=O) groups excluding carboxylic acids is 1. The van der Waals surface area contributed by atoms with E-state index in [0.717, 1.165) is 26.1 Å². The number of piperidine rings is 1. The number of hydrogen-bond donors (Lipinski definition) is 2. The van der Waals surface area contributed by atoms with E-state index >= 15 is 0 Å². The molecule has 4 nitrogen and oxygen atoms in total. The van der Waals surface area contributed by atoms with Crippen LogP contribution in [0.5, 0.6) is 0 Å². The molecule has 0 bridgehead atoms. The van der Waals surface area contributed by atoms with Crippen LogP contribution in [0.1, 0.15) is 39.0 Å². The highest BCUT2D eigenvalue weighted by molar-refractivity contribution is 5.78. The molecule has 1 aliphatic carbocycles. The molecule has 17 heavy (non-hydrogen) atoms. The fraction of sp³-hybridized carbons (Fsp3) is 0.923. The van der Waals surface area contributed by atoms with Crippen LogP contribution in [0.15, 0.2) is 0 Å². The molecule has 1 aliphatic heterocycles. The van der Waals surface area contributed by atoms with Gasteiger partial charge in [0.1, 0.15) is 0 Å². The standard InChI is InChI=1S/C13H25N3O/c1-2-8-16(12-4-3-7-14-9-12)10-13(17)15-11-5-6-11/h11-12,14H,2-10H2,1H3,(H,15,17). The lowest BCUT2D eigenvalue weighted by molar-refractivity contribution is -0.123. The summed E-state index contributed by atoms with van der Waals surface area (Å²) in [4.78, 5) is 14.2. The zero-order valence-corrected chi connectivity index (χ0v) is 10.9. The number of amides is 1. The molecule has 2 rings (SSSR count). The molecule has 0 aromatic rings. The van der Waals surface area contributed by atoms with E-state index in [2.05, 4.69) is 22.5 Å². The Morgan fingerprint density at radius 3 is 2.82 bits per heavy atom. The van der Waals surface area contributed by atoms with Crippen LogP contribution in [0.4, 0.5) is 0 Å². The summed E-state index contributed by atoms with van der Waals surface area (Å²) in [5, 5.41) is 6.51. The molecule has 0 radical (unpaired) electrons. The van der Waals surface area contributed by atoms with Crippen molar-refractivity contribution in [1.82, 2.24) is 15.5 Å². The predicted octanol–water partition coefficient (Wildman–Crippen LogP) is 0.729. The van der Waals surface area contributed by atoms with Gasteiger partial charge in [-0.2, -0.15) is 0 Å². The second-order valence-corrected chi connectivity index (χ2v) is 5.31. The van der Waals surface area contributed by atoms with Gasteiger partial charge in [0.2, 0.25) is 5.91 Å². The minimum absolute atomic E-state index is 0.214. The molecule has 1 atom stereocenters. The summed E-state index contributed by atoms with van der Waals surface area (Å²) in [5.74, 6) is 0.214. The summed E-state index contributed by atoms with van der Waals surface area (Å²) < 4.78 is 0. The lowest BCUT2D eigenvalue weighted by Crippen LogP contribution is -2.50. The summed E-state index contributed by atoms with van der Waals surface area (Å²) in [5.41, 5.74) is 0. The second-order valence-electron chi connectivity index (χ2n) is 5.31. The Bertz CT molecular complexity index is 247. The van der Waals surface area contributed by atoms with E-state index < -0.39 is 0 Å². The van der Waals surface area contributed by atoms with Crippen LogP contribution in [-0.4, -0.2) is 49.1 Å². The number of nitrogens with zero attached hydrogens (tertiary/aromatic N) is 1. The fourth-order valence-electron chi connectivity index (χ4n) is 2.51. The van der Waals surface area contributed by atoms with Crippen LogP contribution in [0.2, 0.25) is 0 Å². The van der Waals surface area contributed by atoms with Crippen molar-refractivity contribution in [2.24, 2.45) is 0 Å². The number of rotatable bonds is 6. The molecule has 98 valence electrons. The van der Waals surface area contributed by atoms with Gasteiger partial charge in [0.25, 0.3) is 0 Å². The lowest BCUT2D eigenvalue weighted by Gasteiger charge is -2.34. The quantitative estimate of drug-likeness (QED) is 0.718. The van der Waals surface area contributed by atoms with Crippen molar-refractivity contribution < 1.29 is 4.79 Å². The zero-order chi connectivity index (χ0) is 12.1. The molecule has 0 spiro atoms. The van der Waals surface area contributed by atoms with Crippen LogP contribution >= 0.6 is 0 Å². The van der Waals surface area contributed by atoms with E-state index in [1.54, 1.807) is 0 Å². The van der Waals surface area contributed by atoms with Gasteiger partial charge < -0.3 is 10.6 Å². The minimum Gasteiger partial charge on any atom is -0.352 e. The minimum atomic E-state index is 0.214. The average Bonchev–Trinajstić information content (AvgIpc) is 3.13. The molecule has 2 N–H and O–H groups in total. The second kappa shape index (κ2) is 6.36. The highest BCUT2D eigenvalue weighted by Crippen LogP contribution is 2.18.